The molecule has 0 atom stereocenters. The zero-order valence-corrected chi connectivity index (χ0v) is 13.8. The molecule has 1 N–H and O–H groups in total. The van der Waals surface area contributed by atoms with Crippen molar-refractivity contribution >= 4 is 5.97 Å². The van der Waals surface area contributed by atoms with Crippen LogP contribution in [0.1, 0.15) is 70.4 Å². The molecule has 2 rings (SSSR count). The van der Waals surface area contributed by atoms with E-state index in [2.05, 4.69) is 38.1 Å². The lowest BCUT2D eigenvalue weighted by Gasteiger charge is -2.34. The summed E-state index contributed by atoms with van der Waals surface area (Å²) in [7, 11) is 0. The Morgan fingerprint density at radius 1 is 1.29 bits per heavy atom. The summed E-state index contributed by atoms with van der Waals surface area (Å²) in [6.07, 6.45) is 5.65. The smallest absolute Gasteiger partial charge is 0.309 e. The molecule has 0 aliphatic heterocycles. The monoisotopic (exact) mass is 288 g/mol. The summed E-state index contributed by atoms with van der Waals surface area (Å²) in [5, 5.41) is 9.28. The minimum atomic E-state index is -0.729. The summed E-state index contributed by atoms with van der Waals surface area (Å²) in [6.45, 7) is 8.31. The molecule has 0 heterocycles. The fraction of sp³-hybridized carbons (Fsp3) is 0.632. The van der Waals surface area contributed by atoms with Crippen molar-refractivity contribution in [2.24, 2.45) is 10.8 Å². The van der Waals surface area contributed by atoms with Gasteiger partial charge in [-0.05, 0) is 68.4 Å². The molecule has 21 heavy (non-hydrogen) atoms. The van der Waals surface area contributed by atoms with Gasteiger partial charge in [0.15, 0.2) is 0 Å². The van der Waals surface area contributed by atoms with E-state index >= 15 is 0 Å². The molecule has 1 saturated carbocycles. The van der Waals surface area contributed by atoms with Crippen LogP contribution in [0, 0.1) is 10.8 Å². The van der Waals surface area contributed by atoms with Crippen LogP contribution in [0.25, 0.3) is 0 Å². The zero-order valence-electron chi connectivity index (χ0n) is 13.8. The third-order valence-electron chi connectivity index (χ3n) is 4.99. The Balaban J connectivity index is 2.10. The summed E-state index contributed by atoms with van der Waals surface area (Å²) in [5.74, 6) is -0.0850. The van der Waals surface area contributed by atoms with Gasteiger partial charge in [0.2, 0.25) is 0 Å². The number of hydrogen-bond donors (Lipinski definition) is 1. The highest BCUT2D eigenvalue weighted by Crippen LogP contribution is 2.42. The Bertz CT molecular complexity index is 504. The molecular formula is C19H28O2. The molecule has 2 heteroatoms. The molecule has 0 amide bonds. The van der Waals surface area contributed by atoms with Crippen molar-refractivity contribution in [3.63, 3.8) is 0 Å². The first-order valence-electron chi connectivity index (χ1n) is 8.02. The van der Waals surface area contributed by atoms with Gasteiger partial charge in [0.25, 0.3) is 0 Å². The molecule has 1 aromatic rings. The van der Waals surface area contributed by atoms with Gasteiger partial charge in [-0.25, -0.2) is 0 Å². The van der Waals surface area contributed by atoms with Crippen LogP contribution in [0.15, 0.2) is 24.3 Å². The van der Waals surface area contributed by atoms with Gasteiger partial charge in [0.1, 0.15) is 0 Å². The van der Waals surface area contributed by atoms with Crippen LogP contribution in [0.2, 0.25) is 0 Å². The van der Waals surface area contributed by atoms with Gasteiger partial charge in [-0.3, -0.25) is 4.79 Å². The van der Waals surface area contributed by atoms with Crippen molar-refractivity contribution in [3.8, 4) is 0 Å². The second-order valence-electron chi connectivity index (χ2n) is 8.05. The quantitative estimate of drug-likeness (QED) is 0.844. The molecule has 1 aromatic carbocycles. The average Bonchev–Trinajstić information content (AvgIpc) is 2.38. The van der Waals surface area contributed by atoms with Crippen LogP contribution >= 0.6 is 0 Å². The van der Waals surface area contributed by atoms with E-state index in [-0.39, 0.29) is 0 Å². The minimum absolute atomic E-state index is 0.486. The van der Waals surface area contributed by atoms with Gasteiger partial charge in [-0.2, -0.15) is 0 Å². The van der Waals surface area contributed by atoms with Gasteiger partial charge in [0.05, 0.1) is 5.41 Å². The van der Waals surface area contributed by atoms with E-state index in [4.69, 9.17) is 0 Å². The highest BCUT2D eigenvalue weighted by Gasteiger charge is 2.29. The molecule has 0 aromatic heterocycles. The SMILES string of the molecule is CC1(C)CCC(c2cccc(CC(C)(C)C(=O)O)c2)CC1. The Hall–Kier alpha value is -1.31. The maximum absolute atomic E-state index is 11.3. The zero-order chi connectivity index (χ0) is 15.7. The van der Waals surface area contributed by atoms with E-state index in [0.717, 1.165) is 5.56 Å². The fourth-order valence-corrected chi connectivity index (χ4v) is 3.28. The lowest BCUT2D eigenvalue weighted by atomic mass is 9.71. The van der Waals surface area contributed by atoms with Crippen LogP contribution in [-0.2, 0) is 11.2 Å². The van der Waals surface area contributed by atoms with E-state index < -0.39 is 11.4 Å². The van der Waals surface area contributed by atoms with Gasteiger partial charge < -0.3 is 5.11 Å². The Morgan fingerprint density at radius 3 is 2.48 bits per heavy atom. The van der Waals surface area contributed by atoms with E-state index in [1.807, 2.05) is 0 Å². The summed E-state index contributed by atoms with van der Waals surface area (Å²) < 4.78 is 0. The number of benzene rings is 1. The highest BCUT2D eigenvalue weighted by molar-refractivity contribution is 5.74. The number of rotatable bonds is 4. The first-order valence-corrected chi connectivity index (χ1v) is 8.02. The minimum Gasteiger partial charge on any atom is -0.481 e. The van der Waals surface area contributed by atoms with Gasteiger partial charge in [-0.1, -0.05) is 38.1 Å². The van der Waals surface area contributed by atoms with Crippen LogP contribution in [0.3, 0.4) is 0 Å². The Labute approximate surface area is 128 Å². The average molecular weight is 288 g/mol. The largest absolute Gasteiger partial charge is 0.481 e. The summed E-state index contributed by atoms with van der Waals surface area (Å²) in [4.78, 5) is 11.3. The molecule has 1 fully saturated rings. The first-order chi connectivity index (χ1) is 9.70. The van der Waals surface area contributed by atoms with Crippen LogP contribution in [-0.4, -0.2) is 11.1 Å². The molecule has 0 bridgehead atoms. The summed E-state index contributed by atoms with van der Waals surface area (Å²) in [6, 6.07) is 8.58. The molecule has 0 spiro atoms. The summed E-state index contributed by atoms with van der Waals surface area (Å²) in [5.41, 5.74) is 2.32. The van der Waals surface area contributed by atoms with Crippen molar-refractivity contribution in [2.75, 3.05) is 0 Å². The van der Waals surface area contributed by atoms with Gasteiger partial charge in [0, 0.05) is 0 Å². The van der Waals surface area contributed by atoms with Gasteiger partial charge in [-0.15, -0.1) is 0 Å². The number of carboxylic acids is 1. The number of hydrogen-bond acceptors (Lipinski definition) is 1. The predicted molar refractivity (Wildman–Crippen MR) is 86.6 cm³/mol. The van der Waals surface area contributed by atoms with Gasteiger partial charge >= 0.3 is 5.97 Å². The molecule has 116 valence electrons. The number of carboxylic acid groups (broad SMARTS) is 1. The molecule has 0 saturated heterocycles. The number of carbonyl (C=O) groups is 1. The Kier molecular flexibility index (Phi) is 4.46. The lowest BCUT2D eigenvalue weighted by Crippen LogP contribution is -2.26. The first kappa shape index (κ1) is 16.1. The maximum atomic E-state index is 11.3. The molecule has 0 unspecified atom stereocenters. The van der Waals surface area contributed by atoms with Crippen molar-refractivity contribution < 1.29 is 9.90 Å². The maximum Gasteiger partial charge on any atom is 0.309 e. The van der Waals surface area contributed by atoms with Crippen molar-refractivity contribution in [3.05, 3.63) is 35.4 Å². The highest BCUT2D eigenvalue weighted by atomic mass is 16.4. The van der Waals surface area contributed by atoms with E-state index in [9.17, 15) is 9.90 Å². The summed E-state index contributed by atoms with van der Waals surface area (Å²) >= 11 is 0. The third kappa shape index (κ3) is 4.09. The fourth-order valence-electron chi connectivity index (χ4n) is 3.28. The van der Waals surface area contributed by atoms with E-state index in [0.29, 0.717) is 17.8 Å². The van der Waals surface area contributed by atoms with Crippen LogP contribution in [0.5, 0.6) is 0 Å². The Morgan fingerprint density at radius 2 is 1.90 bits per heavy atom. The molecular weight excluding hydrogens is 260 g/mol. The topological polar surface area (TPSA) is 37.3 Å². The molecule has 0 radical (unpaired) electrons. The lowest BCUT2D eigenvalue weighted by molar-refractivity contribution is -0.146. The number of aliphatic carboxylic acids is 1. The van der Waals surface area contributed by atoms with Crippen molar-refractivity contribution in [2.45, 2.75) is 65.7 Å². The molecule has 1 aliphatic rings. The van der Waals surface area contributed by atoms with E-state index in [1.165, 1.54) is 31.2 Å². The van der Waals surface area contributed by atoms with E-state index in [1.54, 1.807) is 13.8 Å². The predicted octanol–water partition coefficient (Wildman–Crippen LogP) is 5.02. The second-order valence-corrected chi connectivity index (χ2v) is 8.05. The van der Waals surface area contributed by atoms with Crippen LogP contribution in [0.4, 0.5) is 0 Å². The van der Waals surface area contributed by atoms with Crippen molar-refractivity contribution in [1.82, 2.24) is 0 Å². The standard InChI is InChI=1S/C19H28O2/c1-18(2)10-8-15(9-11-18)16-7-5-6-14(12-16)13-19(3,4)17(20)21/h5-7,12,15H,8-11,13H2,1-4H3,(H,20,21). The third-order valence-corrected chi connectivity index (χ3v) is 4.99. The molecule has 2 nitrogen and oxygen atoms in total. The van der Waals surface area contributed by atoms with Crippen LogP contribution < -0.4 is 0 Å². The molecule has 1 aliphatic carbocycles. The normalized spacial score (nSPS) is 19.4. The second kappa shape index (κ2) is 5.82. The van der Waals surface area contributed by atoms with Crippen molar-refractivity contribution in [1.29, 1.82) is 0 Å².